The van der Waals surface area contributed by atoms with Crippen LogP contribution in [0.1, 0.15) is 16.8 Å². The van der Waals surface area contributed by atoms with Crippen molar-refractivity contribution >= 4 is 23.5 Å². The van der Waals surface area contributed by atoms with Crippen molar-refractivity contribution in [2.24, 2.45) is 0 Å². The number of carbonyl (C=O) groups is 1. The number of rotatable bonds is 5. The Kier molecular flexibility index (Phi) is 4.88. The van der Waals surface area contributed by atoms with Crippen molar-refractivity contribution < 1.29 is 4.79 Å². The highest BCUT2D eigenvalue weighted by Crippen LogP contribution is 2.31. The normalized spacial score (nSPS) is 22.0. The molecule has 1 aromatic rings. The Hall–Kier alpha value is -1.27. The lowest BCUT2D eigenvalue weighted by atomic mass is 9.97. The minimum Gasteiger partial charge on any atom is -0.373 e. The highest BCUT2D eigenvalue weighted by molar-refractivity contribution is 7.99. The molecule has 2 heterocycles. The molecule has 1 saturated heterocycles. The number of thioether (sulfide) groups is 1. The van der Waals surface area contributed by atoms with E-state index in [9.17, 15) is 4.79 Å². The van der Waals surface area contributed by atoms with Crippen molar-refractivity contribution in [3.05, 3.63) is 23.9 Å². The summed E-state index contributed by atoms with van der Waals surface area (Å²) in [5.41, 5.74) is 0.725. The maximum atomic E-state index is 12.2. The lowest BCUT2D eigenvalue weighted by Gasteiger charge is -2.35. The van der Waals surface area contributed by atoms with Crippen molar-refractivity contribution in [3.8, 4) is 0 Å². The largest absolute Gasteiger partial charge is 0.373 e. The van der Waals surface area contributed by atoms with Gasteiger partial charge in [-0.25, -0.2) is 4.98 Å². The van der Waals surface area contributed by atoms with Gasteiger partial charge in [-0.3, -0.25) is 4.79 Å². The molecule has 2 rings (SSSR count). The summed E-state index contributed by atoms with van der Waals surface area (Å²) in [7, 11) is 5.97. The number of amides is 1. The quantitative estimate of drug-likeness (QED) is 0.857. The van der Waals surface area contributed by atoms with Gasteiger partial charge in [-0.05, 0) is 38.4 Å². The second-order valence-corrected chi connectivity index (χ2v) is 6.39. The van der Waals surface area contributed by atoms with Crippen LogP contribution < -0.4 is 10.6 Å². The van der Waals surface area contributed by atoms with E-state index in [-0.39, 0.29) is 11.4 Å². The predicted molar refractivity (Wildman–Crippen MR) is 84.5 cm³/mol. The van der Waals surface area contributed by atoms with Gasteiger partial charge in [-0.1, -0.05) is 0 Å². The molecule has 5 nitrogen and oxygen atoms in total. The van der Waals surface area contributed by atoms with Crippen LogP contribution in [0.2, 0.25) is 0 Å². The average Bonchev–Trinajstić information content (AvgIpc) is 2.95. The summed E-state index contributed by atoms with van der Waals surface area (Å²) in [6, 6.07) is 3.50. The van der Waals surface area contributed by atoms with E-state index >= 15 is 0 Å². The van der Waals surface area contributed by atoms with Gasteiger partial charge in [0.2, 0.25) is 0 Å². The van der Waals surface area contributed by atoms with Gasteiger partial charge in [0.15, 0.2) is 0 Å². The monoisotopic (exact) mass is 294 g/mol. The summed E-state index contributed by atoms with van der Waals surface area (Å²) in [5.74, 6) is 2.89. The molecule has 6 heteroatoms. The van der Waals surface area contributed by atoms with Crippen LogP contribution in [0.15, 0.2) is 18.3 Å². The van der Waals surface area contributed by atoms with Gasteiger partial charge in [0, 0.05) is 36.6 Å². The topological polar surface area (TPSA) is 57.3 Å². The smallest absolute Gasteiger partial charge is 0.251 e. The van der Waals surface area contributed by atoms with Crippen LogP contribution in [0.4, 0.5) is 5.82 Å². The predicted octanol–water partition coefficient (Wildman–Crippen LogP) is 1.29. The molecule has 1 fully saturated rings. The Morgan fingerprint density at radius 1 is 1.55 bits per heavy atom. The standard InChI is InChI=1S/C14H22N4OS/c1-15-12-8-11(4-6-16-12)13(19)17-9-14(18(2)3)5-7-20-10-14/h4,6,8H,5,7,9-10H2,1-3H3,(H,15,16)(H,17,19)/t14-/m0/s1. The third-order valence-electron chi connectivity index (χ3n) is 3.89. The van der Waals surface area contributed by atoms with Crippen molar-refractivity contribution in [3.63, 3.8) is 0 Å². The van der Waals surface area contributed by atoms with E-state index in [0.29, 0.717) is 17.9 Å². The van der Waals surface area contributed by atoms with E-state index in [0.717, 1.165) is 17.9 Å². The molecule has 2 N–H and O–H groups in total. The van der Waals surface area contributed by atoms with Gasteiger partial charge >= 0.3 is 0 Å². The molecule has 110 valence electrons. The lowest BCUT2D eigenvalue weighted by molar-refractivity contribution is 0.0914. The van der Waals surface area contributed by atoms with Gasteiger partial charge in [-0.2, -0.15) is 11.8 Å². The first-order valence-corrected chi connectivity index (χ1v) is 7.90. The fraction of sp³-hybridized carbons (Fsp3) is 0.571. The molecule has 0 spiro atoms. The van der Waals surface area contributed by atoms with Gasteiger partial charge in [0.1, 0.15) is 5.82 Å². The number of nitrogens with one attached hydrogen (secondary N) is 2. The molecule has 0 bridgehead atoms. The molecule has 0 aliphatic carbocycles. The van der Waals surface area contributed by atoms with Gasteiger partial charge in [-0.15, -0.1) is 0 Å². The van der Waals surface area contributed by atoms with E-state index < -0.39 is 0 Å². The number of carbonyl (C=O) groups excluding carboxylic acids is 1. The van der Waals surface area contributed by atoms with Crippen LogP contribution in [0.5, 0.6) is 0 Å². The van der Waals surface area contributed by atoms with Crippen molar-refractivity contribution in [1.82, 2.24) is 15.2 Å². The van der Waals surface area contributed by atoms with Crippen LogP contribution >= 0.6 is 11.8 Å². The summed E-state index contributed by atoms with van der Waals surface area (Å²) in [6.45, 7) is 0.684. The minimum absolute atomic E-state index is 0.0398. The van der Waals surface area contributed by atoms with Crippen LogP contribution in [-0.4, -0.2) is 60.5 Å². The number of hydrogen-bond acceptors (Lipinski definition) is 5. The van der Waals surface area contributed by atoms with Crippen molar-refractivity contribution in [2.75, 3.05) is 44.5 Å². The van der Waals surface area contributed by atoms with E-state index in [1.807, 2.05) is 11.8 Å². The van der Waals surface area contributed by atoms with Crippen molar-refractivity contribution in [2.45, 2.75) is 12.0 Å². The molecular formula is C14H22N4OS. The molecule has 1 aromatic heterocycles. The zero-order valence-electron chi connectivity index (χ0n) is 12.3. The third-order valence-corrected chi connectivity index (χ3v) is 5.12. The average molecular weight is 294 g/mol. The fourth-order valence-corrected chi connectivity index (χ4v) is 3.86. The molecule has 1 atom stereocenters. The summed E-state index contributed by atoms with van der Waals surface area (Å²) in [6.07, 6.45) is 2.76. The second-order valence-electron chi connectivity index (χ2n) is 5.28. The summed E-state index contributed by atoms with van der Waals surface area (Å²) < 4.78 is 0. The van der Waals surface area contributed by atoms with E-state index in [4.69, 9.17) is 0 Å². The lowest BCUT2D eigenvalue weighted by Crippen LogP contribution is -2.53. The second kappa shape index (κ2) is 6.45. The van der Waals surface area contributed by atoms with Gasteiger partial charge < -0.3 is 15.5 Å². The number of aromatic nitrogens is 1. The number of hydrogen-bond donors (Lipinski definition) is 2. The minimum atomic E-state index is -0.0398. The molecule has 0 aromatic carbocycles. The Morgan fingerprint density at radius 3 is 2.95 bits per heavy atom. The third kappa shape index (κ3) is 3.24. The maximum Gasteiger partial charge on any atom is 0.251 e. The Balaban J connectivity index is 2.00. The Morgan fingerprint density at radius 2 is 2.35 bits per heavy atom. The zero-order chi connectivity index (χ0) is 14.6. The number of likely N-dealkylation sites (N-methyl/N-ethyl adjacent to an activating group) is 1. The summed E-state index contributed by atoms with van der Waals surface area (Å²) >= 11 is 1.95. The molecule has 1 aliphatic rings. The molecule has 0 radical (unpaired) electrons. The first kappa shape index (κ1) is 15.1. The van der Waals surface area contributed by atoms with Crippen molar-refractivity contribution in [1.29, 1.82) is 0 Å². The van der Waals surface area contributed by atoms with Crippen LogP contribution in [0.25, 0.3) is 0 Å². The maximum absolute atomic E-state index is 12.2. The van der Waals surface area contributed by atoms with Crippen LogP contribution in [0.3, 0.4) is 0 Å². The van der Waals surface area contributed by atoms with Crippen LogP contribution in [0, 0.1) is 0 Å². The molecule has 0 saturated carbocycles. The van der Waals surface area contributed by atoms with E-state index in [2.05, 4.69) is 34.6 Å². The first-order chi connectivity index (χ1) is 9.57. The molecule has 1 aliphatic heterocycles. The molecular weight excluding hydrogens is 272 g/mol. The van der Waals surface area contributed by atoms with Gasteiger partial charge in [0.05, 0.1) is 0 Å². The molecule has 1 amide bonds. The fourth-order valence-electron chi connectivity index (χ4n) is 2.30. The summed E-state index contributed by atoms with van der Waals surface area (Å²) in [5, 5.41) is 6.01. The molecule has 0 unspecified atom stereocenters. The highest BCUT2D eigenvalue weighted by Gasteiger charge is 2.36. The number of anilines is 1. The number of pyridine rings is 1. The zero-order valence-corrected chi connectivity index (χ0v) is 13.1. The number of nitrogens with zero attached hydrogens (tertiary/aromatic N) is 2. The summed E-state index contributed by atoms with van der Waals surface area (Å²) in [4.78, 5) is 18.6. The van der Waals surface area contributed by atoms with Crippen LogP contribution in [-0.2, 0) is 0 Å². The van der Waals surface area contributed by atoms with E-state index in [1.54, 1.807) is 25.4 Å². The Labute approximate surface area is 124 Å². The molecule has 20 heavy (non-hydrogen) atoms. The highest BCUT2D eigenvalue weighted by atomic mass is 32.2. The first-order valence-electron chi connectivity index (χ1n) is 6.74. The van der Waals surface area contributed by atoms with E-state index in [1.165, 1.54) is 0 Å². The Bertz CT molecular complexity index is 472. The SMILES string of the molecule is CNc1cc(C(=O)NC[C@@]2(N(C)C)CCSC2)ccn1. The van der Waals surface area contributed by atoms with Gasteiger partial charge in [0.25, 0.3) is 5.91 Å².